The molecule has 0 bridgehead atoms. The first-order valence-electron chi connectivity index (χ1n) is 8.01. The predicted octanol–water partition coefficient (Wildman–Crippen LogP) is 4.08. The maximum Gasteiger partial charge on any atom is 0.265 e. The van der Waals surface area contributed by atoms with E-state index in [1.165, 1.54) is 11.3 Å². The summed E-state index contributed by atoms with van der Waals surface area (Å²) in [5.74, 6) is -0.102. The lowest BCUT2D eigenvalue weighted by atomic mass is 10.3. The Balaban J connectivity index is 1.48. The van der Waals surface area contributed by atoms with Gasteiger partial charge in [0, 0.05) is 42.5 Å². The van der Waals surface area contributed by atoms with Crippen LogP contribution in [0, 0.1) is 6.92 Å². The lowest BCUT2D eigenvalue weighted by molar-refractivity contribution is 0.103. The molecule has 1 N–H and O–H groups in total. The maximum absolute atomic E-state index is 12.5. The minimum Gasteiger partial charge on any atom is -0.329 e. The van der Waals surface area contributed by atoms with Gasteiger partial charge in [-0.25, -0.2) is 4.98 Å². The van der Waals surface area contributed by atoms with E-state index >= 15 is 0 Å². The van der Waals surface area contributed by atoms with Gasteiger partial charge in [-0.2, -0.15) is 5.10 Å². The van der Waals surface area contributed by atoms with E-state index in [9.17, 15) is 4.79 Å². The van der Waals surface area contributed by atoms with Crippen LogP contribution in [0.1, 0.15) is 15.4 Å². The van der Waals surface area contributed by atoms with E-state index in [1.54, 1.807) is 18.0 Å². The molecule has 0 spiro atoms. The first-order valence-corrected chi connectivity index (χ1v) is 9.64. The average molecular weight is 384 g/mol. The molecule has 0 radical (unpaired) electrons. The van der Waals surface area contributed by atoms with Gasteiger partial charge in [0.1, 0.15) is 4.83 Å². The molecule has 4 rings (SSSR count). The number of amides is 1. The number of rotatable bonds is 4. The zero-order valence-corrected chi connectivity index (χ0v) is 16.2. The van der Waals surface area contributed by atoms with Crippen molar-refractivity contribution in [3.63, 3.8) is 0 Å². The molecule has 0 aliphatic heterocycles. The smallest absolute Gasteiger partial charge is 0.265 e. The second-order valence-corrected chi connectivity index (χ2v) is 8.01. The van der Waals surface area contributed by atoms with Crippen molar-refractivity contribution in [1.82, 2.24) is 19.3 Å². The minimum atomic E-state index is -0.102. The molecule has 0 atom stereocenters. The predicted molar refractivity (Wildman–Crippen MR) is 105 cm³/mol. The molecule has 132 valence electrons. The van der Waals surface area contributed by atoms with Crippen molar-refractivity contribution in [3.05, 3.63) is 53.3 Å². The highest BCUT2D eigenvalue weighted by Crippen LogP contribution is 2.29. The molecule has 4 aromatic rings. The van der Waals surface area contributed by atoms with Gasteiger partial charge in [-0.1, -0.05) is 11.8 Å². The SMILES string of the molecule is Cc1nn(C)c2sc(C(=O)Nc3ccc(Sc4nccn4C)cc3)cc12. The molecule has 1 amide bonds. The molecule has 3 aromatic heterocycles. The summed E-state index contributed by atoms with van der Waals surface area (Å²) in [4.78, 5) is 19.6. The molecule has 0 saturated carbocycles. The van der Waals surface area contributed by atoms with Crippen LogP contribution in [0.3, 0.4) is 0 Å². The van der Waals surface area contributed by atoms with Crippen molar-refractivity contribution in [3.8, 4) is 0 Å². The van der Waals surface area contributed by atoms with E-state index < -0.39 is 0 Å². The van der Waals surface area contributed by atoms with Gasteiger partial charge in [-0.15, -0.1) is 11.3 Å². The summed E-state index contributed by atoms with van der Waals surface area (Å²) < 4.78 is 3.79. The van der Waals surface area contributed by atoms with E-state index in [-0.39, 0.29) is 5.91 Å². The summed E-state index contributed by atoms with van der Waals surface area (Å²) >= 11 is 3.04. The van der Waals surface area contributed by atoms with Gasteiger partial charge in [0.15, 0.2) is 5.16 Å². The Bertz CT molecular complexity index is 1060. The normalized spacial score (nSPS) is 11.2. The van der Waals surface area contributed by atoms with Crippen LogP contribution in [-0.2, 0) is 14.1 Å². The number of nitrogens with zero attached hydrogens (tertiary/aromatic N) is 4. The van der Waals surface area contributed by atoms with Crippen LogP contribution >= 0.6 is 23.1 Å². The van der Waals surface area contributed by atoms with Crippen LogP contribution in [0.5, 0.6) is 0 Å². The molecule has 0 fully saturated rings. The van der Waals surface area contributed by atoms with Crippen LogP contribution in [-0.4, -0.2) is 25.2 Å². The first kappa shape index (κ1) is 16.9. The third-order valence-corrected chi connectivity index (χ3v) is 6.30. The van der Waals surface area contributed by atoms with Crippen molar-refractivity contribution < 1.29 is 4.79 Å². The van der Waals surface area contributed by atoms with Crippen molar-refractivity contribution in [2.45, 2.75) is 17.0 Å². The van der Waals surface area contributed by atoms with Crippen LogP contribution in [0.25, 0.3) is 10.2 Å². The Morgan fingerprint density at radius 3 is 2.65 bits per heavy atom. The number of hydrogen-bond donors (Lipinski definition) is 1. The lowest BCUT2D eigenvalue weighted by Crippen LogP contribution is -2.09. The van der Waals surface area contributed by atoms with E-state index in [2.05, 4.69) is 15.4 Å². The summed E-state index contributed by atoms with van der Waals surface area (Å²) in [5, 5.41) is 9.28. The Labute approximate surface area is 158 Å². The molecule has 1 aromatic carbocycles. The fraction of sp³-hybridized carbons (Fsp3) is 0.167. The highest BCUT2D eigenvalue weighted by atomic mass is 32.2. The average Bonchev–Trinajstić information content (AvgIpc) is 3.29. The van der Waals surface area contributed by atoms with Gasteiger partial charge in [0.05, 0.1) is 10.6 Å². The van der Waals surface area contributed by atoms with Crippen molar-refractivity contribution >= 4 is 44.9 Å². The van der Waals surface area contributed by atoms with Crippen molar-refractivity contribution in [1.29, 1.82) is 0 Å². The molecule has 0 unspecified atom stereocenters. The molecule has 3 heterocycles. The number of fused-ring (bicyclic) bond motifs is 1. The molecule has 26 heavy (non-hydrogen) atoms. The first-order chi connectivity index (χ1) is 12.5. The maximum atomic E-state index is 12.5. The van der Waals surface area contributed by atoms with Gasteiger partial charge >= 0.3 is 0 Å². The third kappa shape index (κ3) is 3.13. The minimum absolute atomic E-state index is 0.102. The molecule has 0 aliphatic carbocycles. The lowest BCUT2D eigenvalue weighted by Gasteiger charge is -2.05. The fourth-order valence-corrected chi connectivity index (χ4v) is 4.49. The Morgan fingerprint density at radius 1 is 1.23 bits per heavy atom. The van der Waals surface area contributed by atoms with Gasteiger partial charge < -0.3 is 9.88 Å². The van der Waals surface area contributed by atoms with Crippen LogP contribution < -0.4 is 5.32 Å². The number of anilines is 1. The molecular weight excluding hydrogens is 366 g/mol. The number of thiophene rings is 1. The summed E-state index contributed by atoms with van der Waals surface area (Å²) in [7, 11) is 3.86. The standard InChI is InChI=1S/C18H17N5OS2/c1-11-14-10-15(26-17(14)23(3)21-11)16(24)20-12-4-6-13(7-5-12)25-18-19-8-9-22(18)2/h4-10H,1-3H3,(H,20,24). The van der Waals surface area contributed by atoms with E-state index in [0.29, 0.717) is 4.88 Å². The molecule has 6 nitrogen and oxygen atoms in total. The number of hydrogen-bond acceptors (Lipinski definition) is 5. The van der Waals surface area contributed by atoms with Gasteiger partial charge in [0.2, 0.25) is 0 Å². The fourth-order valence-electron chi connectivity index (χ4n) is 2.67. The largest absolute Gasteiger partial charge is 0.329 e. The molecule has 0 saturated heterocycles. The number of nitrogens with one attached hydrogen (secondary N) is 1. The Morgan fingerprint density at radius 2 is 2.00 bits per heavy atom. The summed E-state index contributed by atoms with van der Waals surface area (Å²) in [6.07, 6.45) is 3.69. The number of aromatic nitrogens is 4. The van der Waals surface area contributed by atoms with Gasteiger partial charge in [0.25, 0.3) is 5.91 Å². The summed E-state index contributed by atoms with van der Waals surface area (Å²) in [5.41, 5.74) is 1.71. The van der Waals surface area contributed by atoms with Gasteiger partial charge in [-0.05, 0) is 37.3 Å². The summed E-state index contributed by atoms with van der Waals surface area (Å²) in [6, 6.07) is 9.68. The number of benzene rings is 1. The van der Waals surface area contributed by atoms with Crippen LogP contribution in [0.15, 0.2) is 52.8 Å². The Kier molecular flexibility index (Phi) is 4.29. The zero-order chi connectivity index (χ0) is 18.3. The highest BCUT2D eigenvalue weighted by molar-refractivity contribution is 7.99. The van der Waals surface area contributed by atoms with Crippen molar-refractivity contribution in [2.24, 2.45) is 14.1 Å². The number of carbonyl (C=O) groups excluding carboxylic acids is 1. The molecule has 8 heteroatoms. The topological polar surface area (TPSA) is 64.7 Å². The van der Waals surface area contributed by atoms with Gasteiger partial charge in [-0.3, -0.25) is 9.48 Å². The van der Waals surface area contributed by atoms with Crippen LogP contribution in [0.2, 0.25) is 0 Å². The second-order valence-electron chi connectivity index (χ2n) is 5.94. The van der Waals surface area contributed by atoms with E-state index in [4.69, 9.17) is 0 Å². The zero-order valence-electron chi connectivity index (χ0n) is 14.6. The molecular formula is C18H17N5OS2. The monoisotopic (exact) mass is 383 g/mol. The highest BCUT2D eigenvalue weighted by Gasteiger charge is 2.15. The third-order valence-electron chi connectivity index (χ3n) is 4.02. The van der Waals surface area contributed by atoms with E-state index in [0.717, 1.165) is 31.6 Å². The quantitative estimate of drug-likeness (QED) is 0.577. The van der Waals surface area contributed by atoms with Crippen molar-refractivity contribution in [2.75, 3.05) is 5.32 Å². The van der Waals surface area contributed by atoms with E-state index in [1.807, 2.05) is 66.8 Å². The molecule has 0 aliphatic rings. The summed E-state index contributed by atoms with van der Waals surface area (Å²) in [6.45, 7) is 1.95. The second kappa shape index (κ2) is 6.62. The Hall–Kier alpha value is -2.58. The number of imidazole rings is 1. The number of aryl methyl sites for hydroxylation is 3. The van der Waals surface area contributed by atoms with Crippen LogP contribution in [0.4, 0.5) is 5.69 Å². The number of carbonyl (C=O) groups is 1.